The Morgan fingerprint density at radius 1 is 1.25 bits per heavy atom. The highest BCUT2D eigenvalue weighted by Gasteiger charge is 2.10. The standard InChI is InChI=1S/C16H17ClN2O/c1-10-5-3-4-6-13(10)11(2)19-12-7-8-14(16(18)20)15(17)9-12/h3-9,11,19H,1-2H3,(H2,18,20). The van der Waals surface area contributed by atoms with E-state index in [4.69, 9.17) is 17.3 Å². The van der Waals surface area contributed by atoms with Crippen molar-refractivity contribution in [1.29, 1.82) is 0 Å². The van der Waals surface area contributed by atoms with Gasteiger partial charge in [-0.2, -0.15) is 0 Å². The van der Waals surface area contributed by atoms with Gasteiger partial charge in [-0.05, 0) is 43.2 Å². The average Bonchev–Trinajstić information content (AvgIpc) is 2.38. The van der Waals surface area contributed by atoms with Crippen LogP contribution in [0.2, 0.25) is 5.02 Å². The van der Waals surface area contributed by atoms with Crippen molar-refractivity contribution in [3.05, 3.63) is 64.2 Å². The smallest absolute Gasteiger partial charge is 0.250 e. The number of aryl methyl sites for hydroxylation is 1. The molecule has 0 spiro atoms. The molecule has 0 bridgehead atoms. The fourth-order valence-electron chi connectivity index (χ4n) is 2.21. The summed E-state index contributed by atoms with van der Waals surface area (Å²) in [5.74, 6) is -0.520. The molecule has 0 radical (unpaired) electrons. The van der Waals surface area contributed by atoms with Crippen LogP contribution in [0.4, 0.5) is 5.69 Å². The van der Waals surface area contributed by atoms with E-state index in [0.29, 0.717) is 10.6 Å². The number of amides is 1. The van der Waals surface area contributed by atoms with Crippen molar-refractivity contribution >= 4 is 23.2 Å². The summed E-state index contributed by atoms with van der Waals surface area (Å²) < 4.78 is 0. The first-order valence-corrected chi connectivity index (χ1v) is 6.78. The third-order valence-electron chi connectivity index (χ3n) is 3.27. The molecule has 1 unspecified atom stereocenters. The van der Waals surface area contributed by atoms with E-state index in [-0.39, 0.29) is 6.04 Å². The number of rotatable bonds is 4. The van der Waals surface area contributed by atoms with Gasteiger partial charge >= 0.3 is 0 Å². The number of primary amides is 1. The first-order valence-electron chi connectivity index (χ1n) is 6.40. The molecule has 2 aromatic rings. The van der Waals surface area contributed by atoms with Crippen LogP contribution in [0.1, 0.15) is 34.5 Å². The molecule has 0 heterocycles. The van der Waals surface area contributed by atoms with E-state index < -0.39 is 5.91 Å². The molecule has 1 amide bonds. The number of halogens is 1. The summed E-state index contributed by atoms with van der Waals surface area (Å²) in [6.07, 6.45) is 0. The van der Waals surface area contributed by atoms with Crippen molar-refractivity contribution in [3.8, 4) is 0 Å². The summed E-state index contributed by atoms with van der Waals surface area (Å²) in [6, 6.07) is 13.5. The Balaban J connectivity index is 2.20. The molecule has 0 saturated heterocycles. The number of carbonyl (C=O) groups is 1. The molecule has 0 aliphatic carbocycles. The number of carbonyl (C=O) groups excluding carboxylic acids is 1. The second-order valence-corrected chi connectivity index (χ2v) is 5.19. The number of hydrogen-bond acceptors (Lipinski definition) is 2. The maximum atomic E-state index is 11.1. The summed E-state index contributed by atoms with van der Waals surface area (Å²) >= 11 is 6.04. The SMILES string of the molecule is Cc1ccccc1C(C)Nc1ccc(C(N)=O)c(Cl)c1. The molecule has 0 saturated carbocycles. The minimum atomic E-state index is -0.520. The Kier molecular flexibility index (Phi) is 4.30. The summed E-state index contributed by atoms with van der Waals surface area (Å²) in [5, 5.41) is 3.73. The zero-order valence-corrected chi connectivity index (χ0v) is 12.2. The van der Waals surface area contributed by atoms with Crippen LogP contribution in [0.5, 0.6) is 0 Å². The lowest BCUT2D eigenvalue weighted by Crippen LogP contribution is -2.12. The second kappa shape index (κ2) is 5.97. The van der Waals surface area contributed by atoms with Gasteiger partial charge in [0.05, 0.1) is 10.6 Å². The molecule has 3 nitrogen and oxygen atoms in total. The predicted molar refractivity (Wildman–Crippen MR) is 83.2 cm³/mol. The van der Waals surface area contributed by atoms with Gasteiger partial charge in [0.2, 0.25) is 5.91 Å². The molecule has 104 valence electrons. The number of anilines is 1. The second-order valence-electron chi connectivity index (χ2n) is 4.78. The predicted octanol–water partition coefficient (Wildman–Crippen LogP) is 3.92. The van der Waals surface area contributed by atoms with Crippen LogP contribution in [0, 0.1) is 6.92 Å². The summed E-state index contributed by atoms with van der Waals surface area (Å²) in [5.41, 5.74) is 8.88. The molecular weight excluding hydrogens is 272 g/mol. The van der Waals surface area contributed by atoms with Gasteiger partial charge in [0.15, 0.2) is 0 Å². The fraction of sp³-hybridized carbons (Fsp3) is 0.188. The van der Waals surface area contributed by atoms with Gasteiger partial charge in [-0.25, -0.2) is 0 Å². The largest absolute Gasteiger partial charge is 0.378 e. The first-order chi connectivity index (χ1) is 9.49. The van der Waals surface area contributed by atoms with Crippen LogP contribution >= 0.6 is 11.6 Å². The van der Waals surface area contributed by atoms with Gasteiger partial charge in [-0.1, -0.05) is 35.9 Å². The van der Waals surface area contributed by atoms with Crippen molar-refractivity contribution in [2.45, 2.75) is 19.9 Å². The molecule has 2 rings (SSSR count). The van der Waals surface area contributed by atoms with Gasteiger partial charge in [-0.15, -0.1) is 0 Å². The maximum Gasteiger partial charge on any atom is 0.250 e. The van der Waals surface area contributed by atoms with E-state index in [2.05, 4.69) is 31.3 Å². The van der Waals surface area contributed by atoms with Gasteiger partial charge in [-0.3, -0.25) is 4.79 Å². The highest BCUT2D eigenvalue weighted by atomic mass is 35.5. The number of benzene rings is 2. The van der Waals surface area contributed by atoms with Gasteiger partial charge in [0, 0.05) is 11.7 Å². The van der Waals surface area contributed by atoms with Crippen molar-refractivity contribution in [2.24, 2.45) is 5.73 Å². The van der Waals surface area contributed by atoms with Crippen LogP contribution in [0.15, 0.2) is 42.5 Å². The van der Waals surface area contributed by atoms with Crippen molar-refractivity contribution in [1.82, 2.24) is 0 Å². The van der Waals surface area contributed by atoms with Crippen molar-refractivity contribution in [3.63, 3.8) is 0 Å². The van der Waals surface area contributed by atoms with Gasteiger partial charge in [0.1, 0.15) is 0 Å². The summed E-state index contributed by atoms with van der Waals surface area (Å²) in [7, 11) is 0. The summed E-state index contributed by atoms with van der Waals surface area (Å²) in [4.78, 5) is 11.1. The minimum Gasteiger partial charge on any atom is -0.378 e. The zero-order valence-electron chi connectivity index (χ0n) is 11.5. The highest BCUT2D eigenvalue weighted by molar-refractivity contribution is 6.34. The average molecular weight is 289 g/mol. The van der Waals surface area contributed by atoms with E-state index in [1.54, 1.807) is 18.2 Å². The Morgan fingerprint density at radius 2 is 1.95 bits per heavy atom. The Morgan fingerprint density at radius 3 is 2.55 bits per heavy atom. The van der Waals surface area contributed by atoms with Gasteiger partial charge < -0.3 is 11.1 Å². The monoisotopic (exact) mass is 288 g/mol. The van der Waals surface area contributed by atoms with Crippen LogP contribution in [-0.2, 0) is 0 Å². The molecule has 0 fully saturated rings. The molecule has 2 aromatic carbocycles. The Bertz CT molecular complexity index is 640. The lowest BCUT2D eigenvalue weighted by atomic mass is 10.0. The van der Waals surface area contributed by atoms with E-state index >= 15 is 0 Å². The van der Waals surface area contributed by atoms with E-state index in [9.17, 15) is 4.79 Å². The maximum absolute atomic E-state index is 11.1. The molecule has 20 heavy (non-hydrogen) atoms. The molecule has 0 aromatic heterocycles. The number of nitrogens with two attached hydrogens (primary N) is 1. The Labute approximate surface area is 123 Å². The Hall–Kier alpha value is -2.00. The molecule has 3 N–H and O–H groups in total. The van der Waals surface area contributed by atoms with Crippen molar-refractivity contribution in [2.75, 3.05) is 5.32 Å². The quantitative estimate of drug-likeness (QED) is 0.896. The van der Waals surface area contributed by atoms with Crippen LogP contribution in [0.3, 0.4) is 0 Å². The topological polar surface area (TPSA) is 55.1 Å². The number of nitrogens with one attached hydrogen (secondary N) is 1. The van der Waals surface area contributed by atoms with Crippen LogP contribution < -0.4 is 11.1 Å². The van der Waals surface area contributed by atoms with E-state index in [1.165, 1.54) is 11.1 Å². The third-order valence-corrected chi connectivity index (χ3v) is 3.59. The minimum absolute atomic E-state index is 0.145. The van der Waals surface area contributed by atoms with Crippen LogP contribution in [-0.4, -0.2) is 5.91 Å². The molecule has 0 aliphatic rings. The lowest BCUT2D eigenvalue weighted by Gasteiger charge is -2.18. The lowest BCUT2D eigenvalue weighted by molar-refractivity contribution is 0.100. The first kappa shape index (κ1) is 14.4. The normalized spacial score (nSPS) is 11.9. The fourth-order valence-corrected chi connectivity index (χ4v) is 2.48. The van der Waals surface area contributed by atoms with Crippen molar-refractivity contribution < 1.29 is 4.79 Å². The molecule has 1 atom stereocenters. The summed E-state index contributed by atoms with van der Waals surface area (Å²) in [6.45, 7) is 4.16. The zero-order chi connectivity index (χ0) is 14.7. The van der Waals surface area contributed by atoms with Crippen LogP contribution in [0.25, 0.3) is 0 Å². The van der Waals surface area contributed by atoms with E-state index in [1.807, 2.05) is 12.1 Å². The van der Waals surface area contributed by atoms with Gasteiger partial charge in [0.25, 0.3) is 0 Å². The third kappa shape index (κ3) is 3.11. The molecule has 0 aliphatic heterocycles. The highest BCUT2D eigenvalue weighted by Crippen LogP contribution is 2.25. The van der Waals surface area contributed by atoms with E-state index in [0.717, 1.165) is 5.69 Å². The molecular formula is C16H17ClN2O. The number of hydrogen-bond donors (Lipinski definition) is 2. The molecule has 4 heteroatoms.